The lowest BCUT2D eigenvalue weighted by molar-refractivity contribution is -0.127. The van der Waals surface area contributed by atoms with Gasteiger partial charge in [0.15, 0.2) is 0 Å². The third-order valence-electron chi connectivity index (χ3n) is 8.72. The van der Waals surface area contributed by atoms with Crippen LogP contribution in [0.15, 0.2) is 29.3 Å². The number of carbonyl (C=O) groups excluding carboxylic acids is 1. The lowest BCUT2D eigenvalue weighted by Gasteiger charge is -2.34. The molecule has 11 nitrogen and oxygen atoms in total. The SMILES string of the molecule is C=CC(=O)N1CCC(Oc2cc(-c3noc([C@@]4(C)CCCc5sc(N)c(C#N)c54)n3)nc(N3CCN(C)CC3)c2)CC1. The van der Waals surface area contributed by atoms with Gasteiger partial charge in [0.05, 0.1) is 11.0 Å². The van der Waals surface area contributed by atoms with Gasteiger partial charge >= 0.3 is 0 Å². The topological polar surface area (TPSA) is 138 Å². The van der Waals surface area contributed by atoms with Crippen molar-refractivity contribution in [1.29, 1.82) is 5.26 Å². The van der Waals surface area contributed by atoms with Crippen molar-refractivity contribution in [2.24, 2.45) is 0 Å². The third kappa shape index (κ3) is 5.23. The van der Waals surface area contributed by atoms with Crippen molar-refractivity contribution in [3.8, 4) is 23.3 Å². The predicted molar refractivity (Wildman–Crippen MR) is 161 cm³/mol. The number of hydrogen-bond acceptors (Lipinski definition) is 11. The maximum Gasteiger partial charge on any atom is 0.245 e. The molecule has 42 heavy (non-hydrogen) atoms. The van der Waals surface area contributed by atoms with Crippen molar-refractivity contribution in [3.63, 3.8) is 0 Å². The molecule has 0 spiro atoms. The zero-order valence-corrected chi connectivity index (χ0v) is 25.0. The van der Waals surface area contributed by atoms with Crippen LogP contribution in [0.25, 0.3) is 11.5 Å². The van der Waals surface area contributed by atoms with E-state index >= 15 is 0 Å². The van der Waals surface area contributed by atoms with E-state index in [0.717, 1.165) is 74.5 Å². The smallest absolute Gasteiger partial charge is 0.245 e. The fourth-order valence-electron chi connectivity index (χ4n) is 6.25. The van der Waals surface area contributed by atoms with Crippen LogP contribution in [0.4, 0.5) is 10.8 Å². The summed E-state index contributed by atoms with van der Waals surface area (Å²) in [4.78, 5) is 29.3. The number of thiophene rings is 1. The molecule has 0 radical (unpaired) electrons. The number of ether oxygens (including phenoxy) is 1. The Morgan fingerprint density at radius 2 is 2.00 bits per heavy atom. The molecular formula is C30H36N8O3S. The number of piperidine rings is 1. The van der Waals surface area contributed by atoms with E-state index in [4.69, 9.17) is 25.0 Å². The highest BCUT2D eigenvalue weighted by Crippen LogP contribution is 2.48. The van der Waals surface area contributed by atoms with Crippen molar-refractivity contribution >= 4 is 28.1 Å². The molecule has 2 N–H and O–H groups in total. The van der Waals surface area contributed by atoms with Crippen LogP contribution in [0, 0.1) is 11.3 Å². The minimum absolute atomic E-state index is 0.0247. The van der Waals surface area contributed by atoms with Crippen molar-refractivity contribution < 1.29 is 14.1 Å². The quantitative estimate of drug-likeness (QED) is 0.425. The Bertz CT molecular complexity index is 1530. The maximum atomic E-state index is 12.0. The van der Waals surface area contributed by atoms with Crippen LogP contribution in [0.5, 0.6) is 5.75 Å². The number of likely N-dealkylation sites (tertiary alicyclic amines) is 1. The molecule has 0 unspecified atom stereocenters. The van der Waals surface area contributed by atoms with Gasteiger partial charge in [-0.3, -0.25) is 4.79 Å². The molecule has 5 heterocycles. The Hall–Kier alpha value is -3.95. The van der Waals surface area contributed by atoms with E-state index in [1.807, 2.05) is 12.1 Å². The lowest BCUT2D eigenvalue weighted by atomic mass is 9.72. The minimum atomic E-state index is -0.608. The Morgan fingerprint density at radius 1 is 1.24 bits per heavy atom. The van der Waals surface area contributed by atoms with Crippen LogP contribution in [0.3, 0.4) is 0 Å². The van der Waals surface area contributed by atoms with Crippen LogP contribution in [-0.2, 0) is 16.6 Å². The van der Waals surface area contributed by atoms with Crippen LogP contribution >= 0.6 is 11.3 Å². The molecule has 2 saturated heterocycles. The van der Waals surface area contributed by atoms with E-state index in [0.29, 0.717) is 46.8 Å². The summed E-state index contributed by atoms with van der Waals surface area (Å²) >= 11 is 1.48. The summed E-state index contributed by atoms with van der Waals surface area (Å²) < 4.78 is 12.4. The third-order valence-corrected chi connectivity index (χ3v) is 9.80. The van der Waals surface area contributed by atoms with Crippen molar-refractivity contribution in [3.05, 3.63) is 46.7 Å². The van der Waals surface area contributed by atoms with Gasteiger partial charge in [-0.1, -0.05) is 11.7 Å². The van der Waals surface area contributed by atoms with Gasteiger partial charge in [0.25, 0.3) is 0 Å². The van der Waals surface area contributed by atoms with Crippen molar-refractivity contribution in [2.75, 3.05) is 56.9 Å². The van der Waals surface area contributed by atoms with E-state index in [-0.39, 0.29) is 12.0 Å². The van der Waals surface area contributed by atoms with Crippen molar-refractivity contribution in [1.82, 2.24) is 24.9 Å². The first-order chi connectivity index (χ1) is 20.3. The molecule has 3 aliphatic rings. The van der Waals surface area contributed by atoms with Crippen LogP contribution < -0.4 is 15.4 Å². The molecule has 2 aliphatic heterocycles. The summed E-state index contributed by atoms with van der Waals surface area (Å²) in [6.07, 6.45) is 5.42. The van der Waals surface area contributed by atoms with Crippen LogP contribution in [0.1, 0.15) is 54.5 Å². The number of anilines is 2. The average molecular weight is 589 g/mol. The number of nitrogen functional groups attached to an aromatic ring is 1. The van der Waals surface area contributed by atoms with Crippen molar-refractivity contribution in [2.45, 2.75) is 50.5 Å². The number of fused-ring (bicyclic) bond motifs is 1. The number of aryl methyl sites for hydroxylation is 1. The molecule has 3 aromatic heterocycles. The molecule has 6 rings (SSSR count). The zero-order valence-electron chi connectivity index (χ0n) is 24.1. The Labute approximate surface area is 249 Å². The molecule has 3 aromatic rings. The molecule has 1 amide bonds. The number of carbonyl (C=O) groups is 1. The Kier molecular flexibility index (Phi) is 7.64. The fourth-order valence-corrected chi connectivity index (χ4v) is 7.44. The summed E-state index contributed by atoms with van der Waals surface area (Å²) in [5.41, 5.74) is 7.61. The molecule has 1 atom stereocenters. The number of likely N-dealkylation sites (N-methyl/N-ethyl adjacent to an activating group) is 1. The van der Waals surface area contributed by atoms with Gasteiger partial charge in [-0.05, 0) is 39.3 Å². The number of amides is 1. The monoisotopic (exact) mass is 588 g/mol. The molecule has 12 heteroatoms. The number of nitrogens with two attached hydrogens (primary N) is 1. The molecule has 2 fully saturated rings. The van der Waals surface area contributed by atoms with Gasteiger partial charge in [-0.15, -0.1) is 11.3 Å². The second kappa shape index (κ2) is 11.4. The number of nitriles is 1. The summed E-state index contributed by atoms with van der Waals surface area (Å²) in [5, 5.41) is 14.8. The van der Waals surface area contributed by atoms with E-state index < -0.39 is 5.41 Å². The Balaban J connectivity index is 1.31. The number of aromatic nitrogens is 3. The van der Waals surface area contributed by atoms with Gasteiger partial charge in [0.1, 0.15) is 34.4 Å². The van der Waals surface area contributed by atoms with Crippen LogP contribution in [0.2, 0.25) is 0 Å². The normalized spacial score (nSPS) is 21.5. The van der Waals surface area contributed by atoms with Gasteiger partial charge in [-0.25, -0.2) is 4.98 Å². The van der Waals surface area contributed by atoms with E-state index in [9.17, 15) is 10.1 Å². The molecule has 0 bridgehead atoms. The predicted octanol–water partition coefficient (Wildman–Crippen LogP) is 3.60. The first kappa shape index (κ1) is 28.2. The highest BCUT2D eigenvalue weighted by Gasteiger charge is 2.43. The average Bonchev–Trinajstić information content (AvgIpc) is 3.63. The van der Waals surface area contributed by atoms with E-state index in [1.165, 1.54) is 17.4 Å². The largest absolute Gasteiger partial charge is 0.490 e. The summed E-state index contributed by atoms with van der Waals surface area (Å²) in [6, 6.07) is 6.16. The van der Waals surface area contributed by atoms with Gasteiger partial charge in [-0.2, -0.15) is 10.2 Å². The van der Waals surface area contributed by atoms with Crippen LogP contribution in [-0.4, -0.2) is 83.3 Å². The fraction of sp³-hybridized carbons (Fsp3) is 0.500. The molecule has 0 aromatic carbocycles. The highest BCUT2D eigenvalue weighted by atomic mass is 32.1. The summed E-state index contributed by atoms with van der Waals surface area (Å²) in [6.45, 7) is 10.5. The Morgan fingerprint density at radius 3 is 2.71 bits per heavy atom. The standard InChI is InChI=1S/C30H36N8O3S/c1-4-25(39)38-10-7-19(8-11-38)40-20-16-22(33-24(17-20)37-14-12-36(3)13-15-37)28-34-29(41-35-28)30(2)9-5-6-23-26(30)21(18-31)27(32)42-23/h4,16-17,19H,1,5-15,32H2,2-3H3/t30-/m0/s1. The second-order valence-electron chi connectivity index (χ2n) is 11.5. The minimum Gasteiger partial charge on any atom is -0.490 e. The molecule has 0 saturated carbocycles. The van der Waals surface area contributed by atoms with Gasteiger partial charge < -0.3 is 29.7 Å². The first-order valence-corrected chi connectivity index (χ1v) is 15.3. The summed E-state index contributed by atoms with van der Waals surface area (Å²) in [7, 11) is 2.12. The zero-order chi connectivity index (χ0) is 29.4. The van der Waals surface area contributed by atoms with Gasteiger partial charge in [0, 0.05) is 74.7 Å². The maximum absolute atomic E-state index is 12.0. The van der Waals surface area contributed by atoms with E-state index in [2.05, 4.69) is 41.6 Å². The number of nitrogens with zero attached hydrogens (tertiary/aromatic N) is 7. The number of rotatable bonds is 6. The lowest BCUT2D eigenvalue weighted by Crippen LogP contribution is -2.44. The number of hydrogen-bond donors (Lipinski definition) is 1. The molecule has 220 valence electrons. The van der Waals surface area contributed by atoms with Gasteiger partial charge in [0.2, 0.25) is 17.6 Å². The number of pyridine rings is 1. The molecular weight excluding hydrogens is 552 g/mol. The number of piperazine rings is 1. The highest BCUT2D eigenvalue weighted by molar-refractivity contribution is 7.16. The molecule has 1 aliphatic carbocycles. The van der Waals surface area contributed by atoms with E-state index in [1.54, 1.807) is 4.90 Å². The summed E-state index contributed by atoms with van der Waals surface area (Å²) in [5.74, 6) is 2.30. The first-order valence-electron chi connectivity index (χ1n) is 14.5. The second-order valence-corrected chi connectivity index (χ2v) is 12.7.